The van der Waals surface area contributed by atoms with Crippen LogP contribution in [0.4, 0.5) is 4.39 Å². The van der Waals surface area contributed by atoms with Crippen molar-refractivity contribution in [3.8, 4) is 5.75 Å². The summed E-state index contributed by atoms with van der Waals surface area (Å²) in [6.07, 6.45) is 3.50. The number of aryl methyl sites for hydroxylation is 1. The zero-order valence-electron chi connectivity index (χ0n) is 22.2. The molecule has 2 aliphatic rings. The van der Waals surface area contributed by atoms with Crippen molar-refractivity contribution in [2.24, 2.45) is 4.99 Å². The summed E-state index contributed by atoms with van der Waals surface area (Å²) in [6.45, 7) is 0.284. The highest BCUT2D eigenvalue weighted by molar-refractivity contribution is 7.07. The van der Waals surface area contributed by atoms with Gasteiger partial charge in [-0.1, -0.05) is 89.1 Å². The molecule has 0 saturated heterocycles. The van der Waals surface area contributed by atoms with Gasteiger partial charge in [-0.2, -0.15) is 0 Å². The number of rotatable bonds is 5. The SMILES string of the molecule is O=c1/c(=C\c2cccc(OCc3ccc(Cl)cc3Cl)c2)sc2n1[C@H](c1ccc(F)cc1)C1=C(N=2)c2ccccc2CC1. The summed E-state index contributed by atoms with van der Waals surface area (Å²) in [5.41, 5.74) is 6.71. The van der Waals surface area contributed by atoms with Crippen LogP contribution in [0, 0.1) is 5.82 Å². The van der Waals surface area contributed by atoms with Gasteiger partial charge in [0.05, 0.1) is 16.3 Å². The average molecular weight is 614 g/mol. The highest BCUT2D eigenvalue weighted by Gasteiger charge is 2.32. The number of hydrogen-bond donors (Lipinski definition) is 0. The van der Waals surface area contributed by atoms with Crippen molar-refractivity contribution >= 4 is 46.3 Å². The van der Waals surface area contributed by atoms with Gasteiger partial charge in [0.2, 0.25) is 0 Å². The van der Waals surface area contributed by atoms with Crippen LogP contribution in [0.1, 0.15) is 40.3 Å². The van der Waals surface area contributed by atoms with Gasteiger partial charge in [0.1, 0.15) is 18.2 Å². The van der Waals surface area contributed by atoms with Crippen LogP contribution in [0.25, 0.3) is 11.8 Å². The minimum absolute atomic E-state index is 0.127. The molecule has 4 aromatic carbocycles. The maximum absolute atomic E-state index is 14.0. The first-order chi connectivity index (χ1) is 20.4. The number of aromatic nitrogens is 1. The number of halogens is 3. The van der Waals surface area contributed by atoms with Gasteiger partial charge in [0.25, 0.3) is 5.56 Å². The summed E-state index contributed by atoms with van der Waals surface area (Å²) in [7, 11) is 0. The Morgan fingerprint density at radius 3 is 2.64 bits per heavy atom. The molecule has 0 bridgehead atoms. The first-order valence-electron chi connectivity index (χ1n) is 13.5. The molecule has 0 N–H and O–H groups in total. The number of ether oxygens (including phenoxy) is 1. The van der Waals surface area contributed by atoms with Crippen molar-refractivity contribution in [1.82, 2.24) is 4.57 Å². The molecule has 0 unspecified atom stereocenters. The van der Waals surface area contributed by atoms with E-state index in [1.807, 2.05) is 48.5 Å². The lowest BCUT2D eigenvalue weighted by molar-refractivity contribution is 0.306. The molecule has 1 atom stereocenters. The third kappa shape index (κ3) is 5.00. The Labute approximate surface area is 255 Å². The minimum Gasteiger partial charge on any atom is -0.489 e. The quantitative estimate of drug-likeness (QED) is 0.208. The summed E-state index contributed by atoms with van der Waals surface area (Å²) < 4.78 is 22.2. The fourth-order valence-corrected chi connectivity index (χ4v) is 7.08. The summed E-state index contributed by atoms with van der Waals surface area (Å²) in [6, 6.07) is 27.2. The van der Waals surface area contributed by atoms with Gasteiger partial charge in [-0.05, 0) is 77.6 Å². The Kier molecular flexibility index (Phi) is 7.06. The second-order valence-electron chi connectivity index (χ2n) is 10.3. The second kappa shape index (κ2) is 11.0. The van der Waals surface area contributed by atoms with Gasteiger partial charge in [-0.3, -0.25) is 9.36 Å². The fraction of sp³-hybridized carbons (Fsp3) is 0.118. The number of hydrogen-bond acceptors (Lipinski definition) is 4. The molecule has 0 fully saturated rings. The Bertz CT molecular complexity index is 2060. The number of nitrogens with zero attached hydrogens (tertiary/aromatic N) is 2. The summed E-state index contributed by atoms with van der Waals surface area (Å²) in [4.78, 5) is 19.6. The van der Waals surface area contributed by atoms with E-state index in [9.17, 15) is 9.18 Å². The molecule has 8 heteroatoms. The van der Waals surface area contributed by atoms with E-state index in [-0.39, 0.29) is 24.0 Å². The lowest BCUT2D eigenvalue weighted by atomic mass is 9.83. The zero-order valence-corrected chi connectivity index (χ0v) is 24.5. The molecular formula is C34H23Cl2FN2O2S. The van der Waals surface area contributed by atoms with E-state index >= 15 is 0 Å². The van der Waals surface area contributed by atoms with Crippen molar-refractivity contribution in [3.63, 3.8) is 0 Å². The van der Waals surface area contributed by atoms with Crippen molar-refractivity contribution in [3.05, 3.63) is 160 Å². The van der Waals surface area contributed by atoms with Crippen LogP contribution in [0.2, 0.25) is 10.0 Å². The Morgan fingerprint density at radius 1 is 0.976 bits per heavy atom. The van der Waals surface area contributed by atoms with Crippen LogP contribution in [-0.2, 0) is 13.0 Å². The molecule has 4 nitrogen and oxygen atoms in total. The molecular weight excluding hydrogens is 590 g/mol. The molecule has 1 aliphatic carbocycles. The number of allylic oxidation sites excluding steroid dienone is 1. The van der Waals surface area contributed by atoms with Crippen LogP contribution < -0.4 is 19.6 Å². The van der Waals surface area contributed by atoms with Gasteiger partial charge in [-0.25, -0.2) is 9.38 Å². The minimum atomic E-state index is -0.355. The van der Waals surface area contributed by atoms with Crippen molar-refractivity contribution in [1.29, 1.82) is 0 Å². The van der Waals surface area contributed by atoms with E-state index in [4.69, 9.17) is 32.9 Å². The fourth-order valence-electron chi connectivity index (χ4n) is 5.61. The monoisotopic (exact) mass is 612 g/mol. The van der Waals surface area contributed by atoms with Crippen LogP contribution in [0.5, 0.6) is 5.75 Å². The molecule has 7 rings (SSSR count). The first-order valence-corrected chi connectivity index (χ1v) is 15.1. The Hall–Kier alpha value is -3.97. The maximum atomic E-state index is 14.0. The van der Waals surface area contributed by atoms with Crippen LogP contribution in [-0.4, -0.2) is 4.57 Å². The predicted molar refractivity (Wildman–Crippen MR) is 166 cm³/mol. The molecule has 0 amide bonds. The number of benzene rings is 4. The van der Waals surface area contributed by atoms with Crippen molar-refractivity contribution in [2.75, 3.05) is 0 Å². The predicted octanol–water partition coefficient (Wildman–Crippen LogP) is 7.34. The van der Waals surface area contributed by atoms with Gasteiger partial charge in [-0.15, -0.1) is 0 Å². The Balaban J connectivity index is 1.30. The van der Waals surface area contributed by atoms with Gasteiger partial charge in [0, 0.05) is 21.2 Å². The summed E-state index contributed by atoms with van der Waals surface area (Å²) >= 11 is 13.7. The number of thiazole rings is 1. The van der Waals surface area contributed by atoms with E-state index in [0.717, 1.165) is 46.4 Å². The smallest absolute Gasteiger partial charge is 0.271 e. The third-order valence-corrected chi connectivity index (χ3v) is 9.19. The van der Waals surface area contributed by atoms with Crippen LogP contribution in [0.3, 0.4) is 0 Å². The van der Waals surface area contributed by atoms with E-state index in [1.165, 1.54) is 29.0 Å². The van der Waals surface area contributed by atoms with Gasteiger partial charge >= 0.3 is 0 Å². The molecule has 1 aromatic heterocycles. The van der Waals surface area contributed by atoms with Gasteiger partial charge in [0.15, 0.2) is 4.80 Å². The lowest BCUT2D eigenvalue weighted by Gasteiger charge is -2.30. The van der Waals surface area contributed by atoms with E-state index in [1.54, 1.807) is 28.8 Å². The summed E-state index contributed by atoms with van der Waals surface area (Å²) in [5.74, 6) is 0.341. The number of fused-ring (bicyclic) bond motifs is 3. The highest BCUT2D eigenvalue weighted by atomic mass is 35.5. The van der Waals surface area contributed by atoms with Crippen LogP contribution in [0.15, 0.2) is 106 Å². The van der Waals surface area contributed by atoms with Gasteiger partial charge < -0.3 is 4.74 Å². The molecule has 0 radical (unpaired) electrons. The van der Waals surface area contributed by atoms with E-state index in [2.05, 4.69) is 12.1 Å². The standard InChI is InChI=1S/C34H23Cl2FN2O2S/c35-24-12-8-23(29(36)18-24)19-41-26-6-3-4-20(16-26)17-30-33(40)39-32(22-9-13-25(37)14-10-22)28-15-11-21-5-1-2-7-27(21)31(28)38-34(39)42-30/h1-10,12-14,16-18,32H,11,15,19H2/b30-17+/t32-/m1/s1. The van der Waals surface area contributed by atoms with Crippen molar-refractivity contribution in [2.45, 2.75) is 25.5 Å². The van der Waals surface area contributed by atoms with E-state index < -0.39 is 0 Å². The largest absolute Gasteiger partial charge is 0.489 e. The molecule has 0 spiro atoms. The summed E-state index contributed by atoms with van der Waals surface area (Å²) in [5, 5.41) is 1.11. The van der Waals surface area contributed by atoms with Crippen LogP contribution >= 0.6 is 34.5 Å². The maximum Gasteiger partial charge on any atom is 0.271 e. The van der Waals surface area contributed by atoms with E-state index in [0.29, 0.717) is 25.1 Å². The topological polar surface area (TPSA) is 43.6 Å². The zero-order chi connectivity index (χ0) is 28.8. The average Bonchev–Trinajstić information content (AvgIpc) is 3.30. The lowest BCUT2D eigenvalue weighted by Crippen LogP contribution is -2.38. The normalized spacial score (nSPS) is 16.0. The molecule has 0 saturated carbocycles. The molecule has 2 heterocycles. The molecule has 1 aliphatic heterocycles. The second-order valence-corrected chi connectivity index (χ2v) is 12.1. The molecule has 5 aromatic rings. The van der Waals surface area contributed by atoms with Crippen molar-refractivity contribution < 1.29 is 9.13 Å². The first kappa shape index (κ1) is 26.9. The highest BCUT2D eigenvalue weighted by Crippen LogP contribution is 2.41. The molecule has 208 valence electrons. The molecule has 42 heavy (non-hydrogen) atoms. The third-order valence-electron chi connectivity index (χ3n) is 7.62. The Morgan fingerprint density at radius 2 is 1.81 bits per heavy atom.